The van der Waals surface area contributed by atoms with Crippen LogP contribution in [0.5, 0.6) is 5.75 Å². The van der Waals surface area contributed by atoms with Crippen LogP contribution in [0.1, 0.15) is 27.7 Å². The van der Waals surface area contributed by atoms with Crippen LogP contribution in [0.25, 0.3) is 0 Å². The number of amides is 2. The van der Waals surface area contributed by atoms with Gasteiger partial charge in [0.1, 0.15) is 12.3 Å². The number of anilines is 1. The predicted octanol–water partition coefficient (Wildman–Crippen LogP) is 1.65. The average Bonchev–Trinajstić information content (AvgIpc) is 2.53. The number of para-hydroxylation sites is 2. The van der Waals surface area contributed by atoms with Crippen molar-refractivity contribution < 1.29 is 14.3 Å². The van der Waals surface area contributed by atoms with E-state index in [1.807, 2.05) is 12.1 Å². The first kappa shape index (κ1) is 18.3. The lowest BCUT2D eigenvalue weighted by atomic mass is 10.2. The molecule has 0 spiro atoms. The maximum Gasteiger partial charge on any atom is 0.265 e. The molecule has 0 aliphatic carbocycles. The second kappa shape index (κ2) is 8.15. The minimum atomic E-state index is -0.199. The second-order valence-corrected chi connectivity index (χ2v) is 6.51. The molecule has 0 aromatic heterocycles. The van der Waals surface area contributed by atoms with Gasteiger partial charge in [-0.15, -0.1) is 0 Å². The maximum atomic E-state index is 12.2. The van der Waals surface area contributed by atoms with E-state index in [0.717, 1.165) is 6.54 Å². The topological polar surface area (TPSA) is 61.9 Å². The van der Waals surface area contributed by atoms with Crippen LogP contribution in [-0.4, -0.2) is 55.0 Å². The van der Waals surface area contributed by atoms with Crippen LogP contribution < -0.4 is 15.0 Å². The van der Waals surface area contributed by atoms with Gasteiger partial charge in [-0.05, 0) is 39.8 Å². The number of fused-ring (bicyclic) bond motifs is 1. The number of nitrogens with one attached hydrogen (secondary N) is 1. The Morgan fingerprint density at radius 2 is 1.92 bits per heavy atom. The van der Waals surface area contributed by atoms with Crippen LogP contribution in [0.4, 0.5) is 5.69 Å². The van der Waals surface area contributed by atoms with E-state index in [4.69, 9.17) is 4.74 Å². The van der Waals surface area contributed by atoms with Gasteiger partial charge < -0.3 is 10.1 Å². The Labute approximate surface area is 143 Å². The van der Waals surface area contributed by atoms with Crippen LogP contribution in [0.15, 0.2) is 24.3 Å². The molecule has 1 aromatic carbocycles. The highest BCUT2D eigenvalue weighted by Gasteiger charge is 2.26. The molecule has 0 atom stereocenters. The van der Waals surface area contributed by atoms with Gasteiger partial charge in [-0.2, -0.15) is 0 Å². The maximum absolute atomic E-state index is 12.2. The first-order chi connectivity index (χ1) is 11.4. The SMILES string of the molecule is CC(C)N(CCNC(=O)CN1C(=O)COc2ccccc21)C(C)C. The van der Waals surface area contributed by atoms with Crippen LogP contribution in [0.3, 0.4) is 0 Å². The zero-order chi connectivity index (χ0) is 17.7. The van der Waals surface area contributed by atoms with Gasteiger partial charge in [-0.1, -0.05) is 12.1 Å². The molecule has 1 aliphatic rings. The molecule has 1 N–H and O–H groups in total. The number of hydrogen-bond acceptors (Lipinski definition) is 4. The van der Waals surface area contributed by atoms with E-state index >= 15 is 0 Å². The Morgan fingerprint density at radius 3 is 2.58 bits per heavy atom. The summed E-state index contributed by atoms with van der Waals surface area (Å²) in [6, 6.07) is 8.12. The zero-order valence-corrected chi connectivity index (χ0v) is 14.9. The summed E-state index contributed by atoms with van der Waals surface area (Å²) in [5.74, 6) is 0.276. The number of carbonyl (C=O) groups excluding carboxylic acids is 2. The molecule has 2 amide bonds. The monoisotopic (exact) mass is 333 g/mol. The zero-order valence-electron chi connectivity index (χ0n) is 14.9. The van der Waals surface area contributed by atoms with E-state index in [1.54, 1.807) is 12.1 Å². The van der Waals surface area contributed by atoms with Crippen LogP contribution in [-0.2, 0) is 9.59 Å². The molecule has 0 radical (unpaired) electrons. The molecular formula is C18H27N3O3. The Kier molecular flexibility index (Phi) is 6.20. The molecule has 0 fully saturated rings. The molecule has 0 unspecified atom stereocenters. The number of hydrogen-bond donors (Lipinski definition) is 1. The Hall–Kier alpha value is -2.08. The smallest absolute Gasteiger partial charge is 0.265 e. The van der Waals surface area contributed by atoms with Crippen molar-refractivity contribution >= 4 is 17.5 Å². The van der Waals surface area contributed by atoms with Gasteiger partial charge in [0.05, 0.1) is 5.69 Å². The standard InChI is InChI=1S/C18H27N3O3/c1-13(2)20(14(3)4)10-9-19-17(22)11-21-15-7-5-6-8-16(15)24-12-18(21)23/h5-8,13-14H,9-12H2,1-4H3,(H,19,22). The summed E-state index contributed by atoms with van der Waals surface area (Å²) in [5, 5.41) is 2.91. The lowest BCUT2D eigenvalue weighted by Gasteiger charge is -2.31. The second-order valence-electron chi connectivity index (χ2n) is 6.51. The highest BCUT2D eigenvalue weighted by Crippen LogP contribution is 2.31. The minimum Gasteiger partial charge on any atom is -0.482 e. The number of ether oxygens (including phenoxy) is 1. The van der Waals surface area contributed by atoms with Crippen molar-refractivity contribution in [1.82, 2.24) is 10.2 Å². The fourth-order valence-corrected chi connectivity index (χ4v) is 2.96. The normalized spacial score (nSPS) is 14.1. The van der Waals surface area contributed by atoms with Gasteiger partial charge in [-0.25, -0.2) is 0 Å². The molecule has 0 saturated carbocycles. The van der Waals surface area contributed by atoms with Crippen molar-refractivity contribution in [2.24, 2.45) is 0 Å². The summed E-state index contributed by atoms with van der Waals surface area (Å²) in [7, 11) is 0. The van der Waals surface area contributed by atoms with Gasteiger partial charge in [-0.3, -0.25) is 19.4 Å². The largest absolute Gasteiger partial charge is 0.482 e. The van der Waals surface area contributed by atoms with Crippen LogP contribution in [0, 0.1) is 0 Å². The Balaban J connectivity index is 1.90. The molecule has 1 aliphatic heterocycles. The molecule has 0 saturated heterocycles. The third kappa shape index (κ3) is 4.47. The molecule has 0 bridgehead atoms. The number of rotatable bonds is 7. The van der Waals surface area contributed by atoms with E-state index < -0.39 is 0 Å². The molecule has 24 heavy (non-hydrogen) atoms. The van der Waals surface area contributed by atoms with Crippen molar-refractivity contribution in [3.63, 3.8) is 0 Å². The van der Waals surface area contributed by atoms with Gasteiger partial charge in [0.15, 0.2) is 6.61 Å². The van der Waals surface area contributed by atoms with Crippen molar-refractivity contribution in [2.75, 3.05) is 31.1 Å². The average molecular weight is 333 g/mol. The van der Waals surface area contributed by atoms with Crippen molar-refractivity contribution in [1.29, 1.82) is 0 Å². The Bertz CT molecular complexity index is 579. The van der Waals surface area contributed by atoms with Gasteiger partial charge in [0, 0.05) is 25.2 Å². The first-order valence-corrected chi connectivity index (χ1v) is 8.44. The van der Waals surface area contributed by atoms with Crippen molar-refractivity contribution in [3.8, 4) is 5.75 Å². The molecule has 132 valence electrons. The molecule has 1 heterocycles. The number of nitrogens with zero attached hydrogens (tertiary/aromatic N) is 2. The third-order valence-corrected chi connectivity index (χ3v) is 4.13. The Morgan fingerprint density at radius 1 is 1.25 bits per heavy atom. The third-order valence-electron chi connectivity index (χ3n) is 4.13. The predicted molar refractivity (Wildman–Crippen MR) is 94.3 cm³/mol. The number of benzene rings is 1. The van der Waals surface area contributed by atoms with E-state index in [1.165, 1.54) is 4.90 Å². The summed E-state index contributed by atoms with van der Waals surface area (Å²) >= 11 is 0. The van der Waals surface area contributed by atoms with Gasteiger partial charge in [0.2, 0.25) is 5.91 Å². The van der Waals surface area contributed by atoms with Crippen molar-refractivity contribution in [3.05, 3.63) is 24.3 Å². The molecule has 1 aromatic rings. The van der Waals surface area contributed by atoms with Gasteiger partial charge >= 0.3 is 0 Å². The summed E-state index contributed by atoms with van der Waals surface area (Å²) in [5.41, 5.74) is 0.648. The van der Waals surface area contributed by atoms with Gasteiger partial charge in [0.25, 0.3) is 5.91 Å². The lowest BCUT2D eigenvalue weighted by molar-refractivity contribution is -0.125. The number of carbonyl (C=O) groups is 2. The highest BCUT2D eigenvalue weighted by molar-refractivity contribution is 6.02. The summed E-state index contributed by atoms with van der Waals surface area (Å²) in [4.78, 5) is 28.1. The summed E-state index contributed by atoms with van der Waals surface area (Å²) < 4.78 is 5.38. The minimum absolute atomic E-state index is 0.0164. The highest BCUT2D eigenvalue weighted by atomic mass is 16.5. The van der Waals surface area contributed by atoms with Crippen LogP contribution >= 0.6 is 0 Å². The quantitative estimate of drug-likeness (QED) is 0.824. The summed E-state index contributed by atoms with van der Waals surface area (Å²) in [6.45, 7) is 9.91. The summed E-state index contributed by atoms with van der Waals surface area (Å²) in [6.07, 6.45) is 0. The van der Waals surface area contributed by atoms with E-state index in [2.05, 4.69) is 37.9 Å². The molecular weight excluding hydrogens is 306 g/mol. The van der Waals surface area contributed by atoms with E-state index in [9.17, 15) is 9.59 Å². The molecule has 6 nitrogen and oxygen atoms in total. The van der Waals surface area contributed by atoms with E-state index in [-0.39, 0.29) is 25.0 Å². The first-order valence-electron chi connectivity index (χ1n) is 8.44. The van der Waals surface area contributed by atoms with E-state index in [0.29, 0.717) is 30.1 Å². The molecule has 6 heteroatoms. The fourth-order valence-electron chi connectivity index (χ4n) is 2.96. The fraction of sp³-hybridized carbons (Fsp3) is 0.556. The van der Waals surface area contributed by atoms with Crippen molar-refractivity contribution in [2.45, 2.75) is 39.8 Å². The molecule has 2 rings (SSSR count). The lowest BCUT2D eigenvalue weighted by Crippen LogP contribution is -2.47. The van der Waals surface area contributed by atoms with Crippen LogP contribution in [0.2, 0.25) is 0 Å².